The van der Waals surface area contributed by atoms with E-state index in [1.54, 1.807) is 30.3 Å². The number of nitrogens with zero attached hydrogens (tertiary/aromatic N) is 1. The zero-order valence-electron chi connectivity index (χ0n) is 19.2. The molecule has 1 heterocycles. The van der Waals surface area contributed by atoms with Crippen LogP contribution < -0.4 is 19.7 Å². The molecule has 190 valence electrons. The van der Waals surface area contributed by atoms with Crippen LogP contribution in [0.25, 0.3) is 6.08 Å². The molecule has 0 unspecified atom stereocenters. The molecule has 1 N–H and O–H groups in total. The van der Waals surface area contributed by atoms with Gasteiger partial charge in [0.15, 0.2) is 16.6 Å². The molecule has 0 saturated carbocycles. The first-order valence-electron chi connectivity index (χ1n) is 10.9. The summed E-state index contributed by atoms with van der Waals surface area (Å²) in [5.41, 5.74) is 1.72. The molecular formula is C26H18BrCl2IN2O4S. The van der Waals surface area contributed by atoms with E-state index in [4.69, 9.17) is 44.9 Å². The number of benzene rings is 3. The number of hydrogen-bond acceptors (Lipinski definition) is 5. The second-order valence-corrected chi connectivity index (χ2v) is 11.0. The summed E-state index contributed by atoms with van der Waals surface area (Å²) in [6, 6.07) is 16.2. The highest BCUT2D eigenvalue weighted by Gasteiger charge is 2.35. The van der Waals surface area contributed by atoms with Gasteiger partial charge in [-0.25, -0.2) is 0 Å². The SMILES string of the molecule is CCOc1cc(/C=C2\C(=O)NC(=S)N(c3cccc(Cl)c3Cl)C2=O)cc(I)c1OCc1ccc(Br)cc1. The van der Waals surface area contributed by atoms with Crippen LogP contribution in [0.4, 0.5) is 5.69 Å². The van der Waals surface area contributed by atoms with E-state index in [9.17, 15) is 9.59 Å². The van der Waals surface area contributed by atoms with E-state index in [2.05, 4.69) is 43.8 Å². The Morgan fingerprint density at radius 3 is 2.54 bits per heavy atom. The number of nitrogens with one attached hydrogen (secondary N) is 1. The van der Waals surface area contributed by atoms with Crippen LogP contribution in [0.3, 0.4) is 0 Å². The minimum atomic E-state index is -0.624. The van der Waals surface area contributed by atoms with Crippen LogP contribution in [0.2, 0.25) is 10.0 Å². The molecule has 3 aromatic carbocycles. The largest absolute Gasteiger partial charge is 0.490 e. The van der Waals surface area contributed by atoms with Gasteiger partial charge in [-0.15, -0.1) is 0 Å². The molecule has 1 aliphatic heterocycles. The molecule has 0 atom stereocenters. The van der Waals surface area contributed by atoms with Crippen molar-refractivity contribution in [2.45, 2.75) is 13.5 Å². The number of anilines is 1. The molecule has 3 aromatic rings. The Morgan fingerprint density at radius 2 is 1.84 bits per heavy atom. The predicted molar refractivity (Wildman–Crippen MR) is 161 cm³/mol. The monoisotopic (exact) mass is 730 g/mol. The minimum absolute atomic E-state index is 0.0856. The topological polar surface area (TPSA) is 67.9 Å². The fraction of sp³-hybridized carbons (Fsp3) is 0.115. The lowest BCUT2D eigenvalue weighted by Gasteiger charge is -2.29. The van der Waals surface area contributed by atoms with Crippen molar-refractivity contribution in [2.24, 2.45) is 0 Å². The van der Waals surface area contributed by atoms with Crippen molar-refractivity contribution in [3.8, 4) is 11.5 Å². The molecule has 37 heavy (non-hydrogen) atoms. The zero-order chi connectivity index (χ0) is 26.7. The van der Waals surface area contributed by atoms with E-state index in [0.717, 1.165) is 18.5 Å². The van der Waals surface area contributed by atoms with Crippen LogP contribution in [0.5, 0.6) is 11.5 Å². The number of carbonyl (C=O) groups is 2. The molecule has 0 aromatic heterocycles. The maximum absolute atomic E-state index is 13.4. The normalized spacial score (nSPS) is 14.7. The molecule has 1 aliphatic rings. The summed E-state index contributed by atoms with van der Waals surface area (Å²) in [7, 11) is 0. The number of ether oxygens (including phenoxy) is 2. The predicted octanol–water partition coefficient (Wildman–Crippen LogP) is 7.17. The van der Waals surface area contributed by atoms with Gasteiger partial charge in [0.2, 0.25) is 0 Å². The summed E-state index contributed by atoms with van der Waals surface area (Å²) in [5.74, 6) is -0.179. The van der Waals surface area contributed by atoms with Gasteiger partial charge in [-0.2, -0.15) is 0 Å². The molecule has 11 heteroatoms. The Morgan fingerprint density at radius 1 is 1.11 bits per heavy atom. The third-order valence-electron chi connectivity index (χ3n) is 5.21. The van der Waals surface area contributed by atoms with Crippen molar-refractivity contribution < 1.29 is 19.1 Å². The van der Waals surface area contributed by atoms with Crippen molar-refractivity contribution in [1.29, 1.82) is 0 Å². The average molecular weight is 732 g/mol. The first kappa shape index (κ1) is 27.8. The molecule has 4 rings (SSSR count). The molecule has 0 aliphatic carbocycles. The molecule has 0 bridgehead atoms. The van der Waals surface area contributed by atoms with Gasteiger partial charge >= 0.3 is 0 Å². The number of halogens is 4. The fourth-order valence-corrected chi connectivity index (χ4v) is 5.22. The van der Waals surface area contributed by atoms with Crippen molar-refractivity contribution in [3.05, 3.63) is 89.4 Å². The smallest absolute Gasteiger partial charge is 0.270 e. The summed E-state index contributed by atoms with van der Waals surface area (Å²) in [6.07, 6.45) is 1.48. The Bertz CT molecular complexity index is 1430. The fourth-order valence-electron chi connectivity index (χ4n) is 3.52. The first-order chi connectivity index (χ1) is 17.7. The van der Waals surface area contributed by atoms with E-state index < -0.39 is 11.8 Å². The van der Waals surface area contributed by atoms with Crippen molar-refractivity contribution in [2.75, 3.05) is 11.5 Å². The van der Waals surface area contributed by atoms with Crippen LogP contribution in [0.1, 0.15) is 18.1 Å². The number of rotatable bonds is 7. The highest BCUT2D eigenvalue weighted by Crippen LogP contribution is 2.37. The highest BCUT2D eigenvalue weighted by atomic mass is 127. The molecular weight excluding hydrogens is 714 g/mol. The summed E-state index contributed by atoms with van der Waals surface area (Å²) >= 11 is 23.3. The van der Waals surface area contributed by atoms with Gasteiger partial charge in [-0.05, 0) is 95.3 Å². The van der Waals surface area contributed by atoms with Crippen molar-refractivity contribution in [1.82, 2.24) is 5.32 Å². The Hall–Kier alpha value is -2.18. The van der Waals surface area contributed by atoms with Crippen LogP contribution in [-0.4, -0.2) is 23.5 Å². The Balaban J connectivity index is 1.67. The third kappa shape index (κ3) is 6.28. The van der Waals surface area contributed by atoms with Crippen molar-refractivity contribution in [3.63, 3.8) is 0 Å². The second-order valence-electron chi connectivity index (χ2n) is 7.71. The van der Waals surface area contributed by atoms with Crippen LogP contribution >= 0.6 is 73.9 Å². The van der Waals surface area contributed by atoms with E-state index in [-0.39, 0.29) is 26.4 Å². The Kier molecular flexibility index (Phi) is 9.12. The maximum atomic E-state index is 13.4. The number of amides is 2. The van der Waals surface area contributed by atoms with Crippen LogP contribution in [-0.2, 0) is 16.2 Å². The number of hydrogen-bond donors (Lipinski definition) is 1. The summed E-state index contributed by atoms with van der Waals surface area (Å²) in [5, 5.41) is 2.87. The summed E-state index contributed by atoms with van der Waals surface area (Å²) in [6.45, 7) is 2.61. The van der Waals surface area contributed by atoms with Gasteiger partial charge in [0.25, 0.3) is 11.8 Å². The van der Waals surface area contributed by atoms with Gasteiger partial charge < -0.3 is 9.47 Å². The molecule has 0 radical (unpaired) electrons. The van der Waals surface area contributed by atoms with Gasteiger partial charge in [0, 0.05) is 4.47 Å². The number of carbonyl (C=O) groups excluding carboxylic acids is 2. The molecule has 6 nitrogen and oxygen atoms in total. The minimum Gasteiger partial charge on any atom is -0.490 e. The first-order valence-corrected chi connectivity index (χ1v) is 13.9. The van der Waals surface area contributed by atoms with Crippen LogP contribution in [0, 0.1) is 3.57 Å². The second kappa shape index (κ2) is 12.1. The average Bonchev–Trinajstić information content (AvgIpc) is 2.85. The Labute approximate surface area is 251 Å². The summed E-state index contributed by atoms with van der Waals surface area (Å²) < 4.78 is 13.6. The van der Waals surface area contributed by atoms with Crippen molar-refractivity contribution >= 4 is 103 Å². The van der Waals surface area contributed by atoms with Gasteiger partial charge in [-0.1, -0.05) is 57.3 Å². The molecule has 1 fully saturated rings. The lowest BCUT2D eigenvalue weighted by atomic mass is 10.1. The third-order valence-corrected chi connectivity index (χ3v) is 7.64. The lowest BCUT2D eigenvalue weighted by Crippen LogP contribution is -2.54. The highest BCUT2D eigenvalue weighted by molar-refractivity contribution is 14.1. The maximum Gasteiger partial charge on any atom is 0.270 e. The van der Waals surface area contributed by atoms with E-state index in [1.165, 1.54) is 6.08 Å². The van der Waals surface area contributed by atoms with Gasteiger partial charge in [0.05, 0.1) is 25.9 Å². The molecule has 2 amide bonds. The summed E-state index contributed by atoms with van der Waals surface area (Å²) in [4.78, 5) is 27.3. The van der Waals surface area contributed by atoms with E-state index in [1.807, 2.05) is 31.2 Å². The van der Waals surface area contributed by atoms with E-state index >= 15 is 0 Å². The molecule has 0 spiro atoms. The van der Waals surface area contributed by atoms with Gasteiger partial charge in [-0.3, -0.25) is 19.8 Å². The quantitative estimate of drug-likeness (QED) is 0.121. The number of thiocarbonyl (C=S) groups is 1. The standard InChI is InChI=1S/C26H18BrCl2IN2O4S/c1-2-35-21-12-15(11-19(30)23(21)36-13-14-6-8-16(27)9-7-14)10-17-24(33)31-26(37)32(25(17)34)20-5-3-4-18(28)22(20)29/h3-12H,2,13H2,1H3,(H,31,33,37)/b17-10+. The lowest BCUT2D eigenvalue weighted by molar-refractivity contribution is -0.122. The van der Waals surface area contributed by atoms with Crippen LogP contribution in [0.15, 0.2) is 64.6 Å². The van der Waals surface area contributed by atoms with Gasteiger partial charge in [0.1, 0.15) is 12.2 Å². The zero-order valence-corrected chi connectivity index (χ0v) is 25.3. The van der Waals surface area contributed by atoms with E-state index in [0.29, 0.717) is 30.3 Å². The molecule has 1 saturated heterocycles.